The second-order valence-corrected chi connectivity index (χ2v) is 6.85. The van der Waals surface area contributed by atoms with Gasteiger partial charge in [-0.05, 0) is 23.3 Å². The molecule has 0 atom stereocenters. The molecule has 0 aliphatic heterocycles. The van der Waals surface area contributed by atoms with Gasteiger partial charge < -0.3 is 4.74 Å². The highest BCUT2D eigenvalue weighted by molar-refractivity contribution is 8.00. The first-order valence-corrected chi connectivity index (χ1v) is 8.93. The quantitative estimate of drug-likeness (QED) is 0.543. The number of aromatic nitrogens is 2. The van der Waals surface area contributed by atoms with Crippen LogP contribution < -0.4 is 5.32 Å². The fraction of sp³-hybridized carbons (Fsp3) is 0.188. The predicted octanol–water partition coefficient (Wildman–Crippen LogP) is 4.55. The van der Waals surface area contributed by atoms with E-state index in [1.54, 1.807) is 18.7 Å². The van der Waals surface area contributed by atoms with E-state index in [4.69, 9.17) is 4.74 Å². The second kappa shape index (κ2) is 7.43. The van der Waals surface area contributed by atoms with E-state index in [9.17, 15) is 4.79 Å². The second-order valence-electron chi connectivity index (χ2n) is 4.65. The van der Waals surface area contributed by atoms with Crippen molar-refractivity contribution in [3.8, 4) is 0 Å². The van der Waals surface area contributed by atoms with Crippen molar-refractivity contribution in [2.45, 2.75) is 17.0 Å². The van der Waals surface area contributed by atoms with Crippen LogP contribution in [0.25, 0.3) is 10.8 Å². The Morgan fingerprint density at radius 1 is 1.22 bits per heavy atom. The van der Waals surface area contributed by atoms with Crippen molar-refractivity contribution in [1.82, 2.24) is 10.2 Å². The fourth-order valence-electron chi connectivity index (χ4n) is 2.13. The summed E-state index contributed by atoms with van der Waals surface area (Å²) in [5.74, 6) is 0.801. The number of anilines is 1. The Morgan fingerprint density at radius 3 is 2.91 bits per heavy atom. The Bertz CT molecular complexity index is 814. The van der Waals surface area contributed by atoms with E-state index in [1.807, 2.05) is 12.1 Å². The average molecular weight is 345 g/mol. The van der Waals surface area contributed by atoms with Gasteiger partial charge in [0.05, 0.1) is 6.61 Å². The van der Waals surface area contributed by atoms with Gasteiger partial charge in [0.2, 0.25) is 5.13 Å². The zero-order valence-corrected chi connectivity index (χ0v) is 14.1. The number of amides is 1. The molecule has 1 heterocycles. The van der Waals surface area contributed by atoms with Crippen molar-refractivity contribution in [2.75, 3.05) is 11.9 Å². The van der Waals surface area contributed by atoms with Gasteiger partial charge in [0, 0.05) is 5.75 Å². The number of benzene rings is 2. The molecule has 0 fully saturated rings. The molecule has 2 aromatic carbocycles. The molecule has 0 radical (unpaired) electrons. The molecule has 23 heavy (non-hydrogen) atoms. The number of ether oxygens (including phenoxy) is 1. The number of nitrogens with zero attached hydrogens (tertiary/aromatic N) is 2. The minimum atomic E-state index is -0.505. The molecule has 1 amide bonds. The van der Waals surface area contributed by atoms with Crippen LogP contribution in [0.4, 0.5) is 9.93 Å². The largest absolute Gasteiger partial charge is 0.450 e. The first-order chi connectivity index (χ1) is 11.3. The number of thioether (sulfide) groups is 1. The van der Waals surface area contributed by atoms with Gasteiger partial charge in [-0.25, -0.2) is 4.79 Å². The summed E-state index contributed by atoms with van der Waals surface area (Å²) in [5, 5.41) is 13.5. The van der Waals surface area contributed by atoms with Crippen LogP contribution in [0.1, 0.15) is 12.5 Å². The summed E-state index contributed by atoms with van der Waals surface area (Å²) in [7, 11) is 0. The Morgan fingerprint density at radius 2 is 2.04 bits per heavy atom. The molecule has 0 saturated heterocycles. The summed E-state index contributed by atoms with van der Waals surface area (Å²) in [6.07, 6.45) is -0.505. The number of carbonyl (C=O) groups excluding carboxylic acids is 1. The van der Waals surface area contributed by atoms with Crippen molar-refractivity contribution in [3.05, 3.63) is 48.0 Å². The minimum Gasteiger partial charge on any atom is -0.450 e. The number of hydrogen-bond donors (Lipinski definition) is 1. The summed E-state index contributed by atoms with van der Waals surface area (Å²) >= 11 is 2.94. The molecule has 1 N–H and O–H groups in total. The van der Waals surface area contributed by atoms with Gasteiger partial charge >= 0.3 is 6.09 Å². The van der Waals surface area contributed by atoms with Crippen LogP contribution in [0.15, 0.2) is 46.8 Å². The molecular formula is C16H15N3O2S2. The van der Waals surface area contributed by atoms with Crippen molar-refractivity contribution in [3.63, 3.8) is 0 Å². The Balaban J connectivity index is 1.66. The Hall–Kier alpha value is -2.12. The molecule has 7 heteroatoms. The zero-order chi connectivity index (χ0) is 16.1. The van der Waals surface area contributed by atoms with Gasteiger partial charge in [-0.2, -0.15) is 0 Å². The average Bonchev–Trinajstić information content (AvgIpc) is 3.00. The summed E-state index contributed by atoms with van der Waals surface area (Å²) in [4.78, 5) is 11.3. The van der Waals surface area contributed by atoms with E-state index in [0.717, 1.165) is 10.1 Å². The van der Waals surface area contributed by atoms with Gasteiger partial charge in [0.15, 0.2) is 4.34 Å². The fourth-order valence-corrected chi connectivity index (χ4v) is 3.87. The Labute approximate surface area is 142 Å². The Kier molecular flexibility index (Phi) is 5.09. The van der Waals surface area contributed by atoms with E-state index >= 15 is 0 Å². The van der Waals surface area contributed by atoms with Crippen LogP contribution in [0.3, 0.4) is 0 Å². The molecule has 0 unspecified atom stereocenters. The summed E-state index contributed by atoms with van der Waals surface area (Å²) in [6, 6.07) is 14.6. The lowest BCUT2D eigenvalue weighted by Gasteiger charge is -2.04. The molecule has 0 aliphatic rings. The first kappa shape index (κ1) is 15.8. The number of fused-ring (bicyclic) bond motifs is 1. The monoisotopic (exact) mass is 345 g/mol. The van der Waals surface area contributed by atoms with Crippen molar-refractivity contribution < 1.29 is 9.53 Å². The SMILES string of the molecule is CCOC(=O)Nc1nnc(SCc2cccc3ccccc23)s1. The molecule has 0 aliphatic carbocycles. The lowest BCUT2D eigenvalue weighted by Crippen LogP contribution is -2.12. The molecule has 1 aromatic heterocycles. The van der Waals surface area contributed by atoms with Crippen molar-refractivity contribution >= 4 is 45.1 Å². The van der Waals surface area contributed by atoms with Crippen LogP contribution in [0.5, 0.6) is 0 Å². The van der Waals surface area contributed by atoms with E-state index in [0.29, 0.717) is 11.7 Å². The maximum atomic E-state index is 11.3. The number of hydrogen-bond acceptors (Lipinski definition) is 6. The van der Waals surface area contributed by atoms with Gasteiger partial charge in [-0.1, -0.05) is 65.6 Å². The van der Waals surface area contributed by atoms with E-state index in [-0.39, 0.29) is 0 Å². The normalized spacial score (nSPS) is 10.7. The van der Waals surface area contributed by atoms with Crippen molar-refractivity contribution in [2.24, 2.45) is 0 Å². The van der Waals surface area contributed by atoms with Gasteiger partial charge in [-0.3, -0.25) is 5.32 Å². The highest BCUT2D eigenvalue weighted by atomic mass is 32.2. The van der Waals surface area contributed by atoms with Crippen LogP contribution in [-0.4, -0.2) is 22.9 Å². The number of nitrogens with one attached hydrogen (secondary N) is 1. The molecule has 0 saturated carbocycles. The molecule has 0 bridgehead atoms. The zero-order valence-electron chi connectivity index (χ0n) is 12.5. The highest BCUT2D eigenvalue weighted by Crippen LogP contribution is 2.30. The van der Waals surface area contributed by atoms with Crippen LogP contribution in [0.2, 0.25) is 0 Å². The van der Waals surface area contributed by atoms with E-state index < -0.39 is 6.09 Å². The third kappa shape index (κ3) is 4.00. The topological polar surface area (TPSA) is 64.1 Å². The predicted molar refractivity (Wildman–Crippen MR) is 94.1 cm³/mol. The summed E-state index contributed by atoms with van der Waals surface area (Å²) in [6.45, 7) is 2.08. The third-order valence-electron chi connectivity index (χ3n) is 3.12. The standard InChI is InChI=1S/C16H15N3O2S2/c1-2-21-15(20)17-14-18-19-16(23-14)22-10-12-8-5-7-11-6-3-4-9-13(11)12/h3-9H,2,10H2,1H3,(H,17,18,20). The maximum Gasteiger partial charge on any atom is 0.413 e. The number of rotatable bonds is 5. The maximum absolute atomic E-state index is 11.3. The third-order valence-corrected chi connectivity index (χ3v) is 5.14. The highest BCUT2D eigenvalue weighted by Gasteiger charge is 2.09. The summed E-state index contributed by atoms with van der Waals surface area (Å²) < 4.78 is 5.62. The van der Waals surface area contributed by atoms with Gasteiger partial charge in [-0.15, -0.1) is 10.2 Å². The van der Waals surface area contributed by atoms with Crippen LogP contribution in [-0.2, 0) is 10.5 Å². The first-order valence-electron chi connectivity index (χ1n) is 7.13. The van der Waals surface area contributed by atoms with Crippen LogP contribution >= 0.6 is 23.1 Å². The smallest absolute Gasteiger partial charge is 0.413 e. The van der Waals surface area contributed by atoms with E-state index in [2.05, 4.69) is 45.8 Å². The minimum absolute atomic E-state index is 0.327. The van der Waals surface area contributed by atoms with Gasteiger partial charge in [0.1, 0.15) is 0 Å². The molecule has 5 nitrogen and oxygen atoms in total. The van der Waals surface area contributed by atoms with Crippen molar-refractivity contribution in [1.29, 1.82) is 0 Å². The molecule has 3 rings (SSSR count). The molecule has 118 valence electrons. The number of carbonyl (C=O) groups is 1. The molecule has 0 spiro atoms. The summed E-state index contributed by atoms with van der Waals surface area (Å²) in [5.41, 5.74) is 1.25. The van der Waals surface area contributed by atoms with Gasteiger partial charge in [0.25, 0.3) is 0 Å². The van der Waals surface area contributed by atoms with Crippen LogP contribution in [0, 0.1) is 0 Å². The molecule has 3 aromatic rings. The lowest BCUT2D eigenvalue weighted by molar-refractivity contribution is 0.168. The lowest BCUT2D eigenvalue weighted by atomic mass is 10.1. The molecular weight excluding hydrogens is 330 g/mol. The van der Waals surface area contributed by atoms with E-state index in [1.165, 1.54) is 27.7 Å².